The standard InChI is InChI=1S/C20H25N5O2/c21-17-4-3-5-19(23-17)27-16-8-12-24(13-9-16)18-7-6-15(14-22-18)20(26)25-10-1-2-11-25/h3-7,14,16H,1-2,8-13H2,(H2,21,23). The molecule has 4 rings (SSSR count). The van der Waals surface area contributed by atoms with E-state index in [0.29, 0.717) is 17.3 Å². The van der Waals surface area contributed by atoms with Crippen molar-refractivity contribution in [2.75, 3.05) is 36.8 Å². The average Bonchev–Trinajstić information content (AvgIpc) is 3.23. The van der Waals surface area contributed by atoms with Crippen molar-refractivity contribution in [2.45, 2.75) is 31.8 Å². The minimum Gasteiger partial charge on any atom is -0.474 e. The number of aromatic nitrogens is 2. The lowest BCUT2D eigenvalue weighted by Crippen LogP contribution is -2.38. The molecule has 0 atom stereocenters. The number of nitrogens with zero attached hydrogens (tertiary/aromatic N) is 4. The van der Waals surface area contributed by atoms with Crippen LogP contribution < -0.4 is 15.4 Å². The van der Waals surface area contributed by atoms with Gasteiger partial charge in [0, 0.05) is 51.3 Å². The van der Waals surface area contributed by atoms with Crippen LogP contribution in [0.3, 0.4) is 0 Å². The van der Waals surface area contributed by atoms with E-state index in [4.69, 9.17) is 10.5 Å². The molecule has 7 nitrogen and oxygen atoms in total. The molecule has 2 aromatic heterocycles. The number of carbonyl (C=O) groups excluding carboxylic acids is 1. The summed E-state index contributed by atoms with van der Waals surface area (Å²) in [6.45, 7) is 3.44. The molecule has 2 aromatic rings. The van der Waals surface area contributed by atoms with Gasteiger partial charge < -0.3 is 20.3 Å². The zero-order valence-corrected chi connectivity index (χ0v) is 15.4. The Kier molecular flexibility index (Phi) is 5.09. The van der Waals surface area contributed by atoms with Crippen molar-refractivity contribution in [1.82, 2.24) is 14.9 Å². The summed E-state index contributed by atoms with van der Waals surface area (Å²) < 4.78 is 5.94. The van der Waals surface area contributed by atoms with E-state index >= 15 is 0 Å². The molecule has 1 amide bonds. The second-order valence-electron chi connectivity index (χ2n) is 7.11. The first-order valence-corrected chi connectivity index (χ1v) is 9.58. The smallest absolute Gasteiger partial charge is 0.255 e. The summed E-state index contributed by atoms with van der Waals surface area (Å²) in [6, 6.07) is 9.27. The van der Waals surface area contributed by atoms with Crippen molar-refractivity contribution >= 4 is 17.5 Å². The fourth-order valence-corrected chi connectivity index (χ4v) is 3.67. The van der Waals surface area contributed by atoms with Crippen molar-refractivity contribution in [2.24, 2.45) is 0 Å². The molecule has 27 heavy (non-hydrogen) atoms. The summed E-state index contributed by atoms with van der Waals surface area (Å²) >= 11 is 0. The summed E-state index contributed by atoms with van der Waals surface area (Å²) in [6.07, 6.45) is 5.82. The first kappa shape index (κ1) is 17.6. The number of carbonyl (C=O) groups is 1. The quantitative estimate of drug-likeness (QED) is 0.893. The van der Waals surface area contributed by atoms with Crippen LogP contribution in [0.4, 0.5) is 11.6 Å². The molecule has 0 spiro atoms. The van der Waals surface area contributed by atoms with Gasteiger partial charge in [-0.1, -0.05) is 6.07 Å². The zero-order valence-electron chi connectivity index (χ0n) is 15.4. The molecule has 0 radical (unpaired) electrons. The van der Waals surface area contributed by atoms with Crippen LogP contribution in [0, 0.1) is 0 Å². The molecular weight excluding hydrogens is 342 g/mol. The largest absolute Gasteiger partial charge is 0.474 e. The predicted molar refractivity (Wildman–Crippen MR) is 104 cm³/mol. The zero-order chi connectivity index (χ0) is 18.6. The van der Waals surface area contributed by atoms with E-state index in [-0.39, 0.29) is 12.0 Å². The van der Waals surface area contributed by atoms with Crippen LogP contribution in [0.5, 0.6) is 5.88 Å². The third kappa shape index (κ3) is 4.13. The Bertz CT molecular complexity index is 781. The van der Waals surface area contributed by atoms with Gasteiger partial charge in [-0.3, -0.25) is 4.79 Å². The molecule has 2 N–H and O–H groups in total. The van der Waals surface area contributed by atoms with E-state index in [9.17, 15) is 4.79 Å². The van der Waals surface area contributed by atoms with Gasteiger partial charge in [-0.05, 0) is 31.0 Å². The summed E-state index contributed by atoms with van der Waals surface area (Å²) in [7, 11) is 0. The SMILES string of the molecule is Nc1cccc(OC2CCN(c3ccc(C(=O)N4CCCC4)cn3)CC2)n1. The number of nitrogens with two attached hydrogens (primary N) is 1. The van der Waals surface area contributed by atoms with Crippen molar-refractivity contribution < 1.29 is 9.53 Å². The fraction of sp³-hybridized carbons (Fsp3) is 0.450. The number of rotatable bonds is 4. The first-order valence-electron chi connectivity index (χ1n) is 9.58. The van der Waals surface area contributed by atoms with E-state index in [1.165, 1.54) is 0 Å². The minimum atomic E-state index is 0.0910. The fourth-order valence-electron chi connectivity index (χ4n) is 3.67. The Morgan fingerprint density at radius 3 is 2.52 bits per heavy atom. The second-order valence-corrected chi connectivity index (χ2v) is 7.11. The molecule has 0 aromatic carbocycles. The third-order valence-corrected chi connectivity index (χ3v) is 5.19. The Morgan fingerprint density at radius 1 is 1.07 bits per heavy atom. The normalized spacial score (nSPS) is 17.9. The lowest BCUT2D eigenvalue weighted by molar-refractivity contribution is 0.0792. The Balaban J connectivity index is 1.32. The van der Waals surface area contributed by atoms with Gasteiger partial charge in [0.1, 0.15) is 17.7 Å². The summed E-state index contributed by atoms with van der Waals surface area (Å²) in [5.41, 5.74) is 6.37. The van der Waals surface area contributed by atoms with Crippen LogP contribution in [0.25, 0.3) is 0 Å². The highest BCUT2D eigenvalue weighted by Crippen LogP contribution is 2.22. The summed E-state index contributed by atoms with van der Waals surface area (Å²) in [5, 5.41) is 0. The van der Waals surface area contributed by atoms with Crippen LogP contribution in [0.2, 0.25) is 0 Å². The number of hydrogen-bond acceptors (Lipinski definition) is 6. The van der Waals surface area contributed by atoms with Gasteiger partial charge in [-0.25, -0.2) is 4.98 Å². The van der Waals surface area contributed by atoms with Crippen LogP contribution in [0.15, 0.2) is 36.5 Å². The first-order chi connectivity index (χ1) is 13.2. The van der Waals surface area contributed by atoms with Gasteiger partial charge in [0.05, 0.1) is 5.56 Å². The monoisotopic (exact) mass is 367 g/mol. The lowest BCUT2D eigenvalue weighted by Gasteiger charge is -2.32. The second kappa shape index (κ2) is 7.82. The molecule has 2 aliphatic rings. The van der Waals surface area contributed by atoms with Crippen molar-refractivity contribution in [3.8, 4) is 5.88 Å². The molecule has 0 saturated carbocycles. The molecule has 142 valence electrons. The number of piperidine rings is 1. The van der Waals surface area contributed by atoms with Crippen LogP contribution >= 0.6 is 0 Å². The van der Waals surface area contributed by atoms with E-state index in [0.717, 1.165) is 57.7 Å². The van der Waals surface area contributed by atoms with Gasteiger partial charge in [-0.2, -0.15) is 4.98 Å². The maximum absolute atomic E-state index is 12.4. The Labute approximate surface area is 159 Å². The highest BCUT2D eigenvalue weighted by molar-refractivity contribution is 5.94. The maximum Gasteiger partial charge on any atom is 0.255 e. The Hall–Kier alpha value is -2.83. The molecule has 2 fully saturated rings. The maximum atomic E-state index is 12.4. The summed E-state index contributed by atoms with van der Waals surface area (Å²) in [4.78, 5) is 25.3. The molecular formula is C20H25N5O2. The molecule has 2 aliphatic heterocycles. The topological polar surface area (TPSA) is 84.6 Å². The molecule has 7 heteroatoms. The Morgan fingerprint density at radius 2 is 1.85 bits per heavy atom. The molecule has 0 bridgehead atoms. The predicted octanol–water partition coefficient (Wildman–Crippen LogP) is 2.34. The third-order valence-electron chi connectivity index (χ3n) is 5.19. The number of ether oxygens (including phenoxy) is 1. The molecule has 0 unspecified atom stereocenters. The van der Waals surface area contributed by atoms with Crippen molar-refractivity contribution in [3.63, 3.8) is 0 Å². The number of likely N-dealkylation sites (tertiary alicyclic amines) is 1. The minimum absolute atomic E-state index is 0.0910. The van der Waals surface area contributed by atoms with E-state index in [2.05, 4.69) is 14.9 Å². The number of pyridine rings is 2. The highest BCUT2D eigenvalue weighted by atomic mass is 16.5. The number of amides is 1. The van der Waals surface area contributed by atoms with Crippen molar-refractivity contribution in [1.29, 1.82) is 0 Å². The van der Waals surface area contributed by atoms with Crippen LogP contribution in [-0.4, -0.2) is 53.1 Å². The van der Waals surface area contributed by atoms with Gasteiger partial charge in [0.15, 0.2) is 0 Å². The number of hydrogen-bond donors (Lipinski definition) is 1. The van der Waals surface area contributed by atoms with E-state index in [1.54, 1.807) is 12.3 Å². The average molecular weight is 367 g/mol. The van der Waals surface area contributed by atoms with Crippen LogP contribution in [-0.2, 0) is 0 Å². The van der Waals surface area contributed by atoms with E-state index in [1.807, 2.05) is 29.2 Å². The van der Waals surface area contributed by atoms with Gasteiger partial charge in [0.25, 0.3) is 5.91 Å². The summed E-state index contributed by atoms with van der Waals surface area (Å²) in [5.74, 6) is 2.05. The number of anilines is 2. The lowest BCUT2D eigenvalue weighted by atomic mass is 10.1. The van der Waals surface area contributed by atoms with E-state index < -0.39 is 0 Å². The van der Waals surface area contributed by atoms with Crippen LogP contribution in [0.1, 0.15) is 36.0 Å². The highest BCUT2D eigenvalue weighted by Gasteiger charge is 2.23. The van der Waals surface area contributed by atoms with Gasteiger partial charge >= 0.3 is 0 Å². The molecule has 0 aliphatic carbocycles. The van der Waals surface area contributed by atoms with Gasteiger partial charge in [0.2, 0.25) is 5.88 Å². The molecule has 4 heterocycles. The van der Waals surface area contributed by atoms with Gasteiger partial charge in [-0.15, -0.1) is 0 Å². The molecule has 2 saturated heterocycles. The number of nitrogen functional groups attached to an aromatic ring is 1. The van der Waals surface area contributed by atoms with Crippen molar-refractivity contribution in [3.05, 3.63) is 42.1 Å².